The van der Waals surface area contributed by atoms with E-state index in [0.29, 0.717) is 6.42 Å². The highest BCUT2D eigenvalue weighted by atomic mass is 16.4. The van der Waals surface area contributed by atoms with Gasteiger partial charge in [0, 0.05) is 6.42 Å². The molecule has 0 aromatic carbocycles. The first-order valence-corrected chi connectivity index (χ1v) is 8.31. The van der Waals surface area contributed by atoms with Crippen molar-refractivity contribution >= 4 is 11.9 Å². The Bertz CT molecular complexity index is 297. The summed E-state index contributed by atoms with van der Waals surface area (Å²) in [7, 11) is 0. The maximum atomic E-state index is 10.9. The van der Waals surface area contributed by atoms with Gasteiger partial charge in [-0.25, -0.2) is 0 Å². The molecule has 0 aliphatic carbocycles. The van der Waals surface area contributed by atoms with Crippen LogP contribution in [0.15, 0.2) is 0 Å². The third-order valence-electron chi connectivity index (χ3n) is 4.02. The Labute approximate surface area is 128 Å². The summed E-state index contributed by atoms with van der Waals surface area (Å²) < 4.78 is 0. The highest BCUT2D eigenvalue weighted by Gasteiger charge is 2.25. The zero-order valence-corrected chi connectivity index (χ0v) is 13.7. The highest BCUT2D eigenvalue weighted by Crippen LogP contribution is 2.24. The molecular weight excluding hydrogens is 268 g/mol. The number of unbranched alkanes of at least 4 members (excludes halogenated alkanes) is 9. The van der Waals surface area contributed by atoms with Crippen LogP contribution in [0.3, 0.4) is 0 Å². The molecule has 0 fully saturated rings. The third-order valence-corrected chi connectivity index (χ3v) is 4.02. The molecule has 0 spiro atoms. The molecule has 0 aliphatic heterocycles. The van der Waals surface area contributed by atoms with Crippen molar-refractivity contribution in [3.63, 3.8) is 0 Å². The molecule has 0 aromatic heterocycles. The molecule has 0 saturated heterocycles. The van der Waals surface area contributed by atoms with Crippen LogP contribution in [-0.2, 0) is 9.59 Å². The van der Waals surface area contributed by atoms with E-state index < -0.39 is 17.4 Å². The van der Waals surface area contributed by atoms with Crippen molar-refractivity contribution < 1.29 is 19.8 Å². The second-order valence-corrected chi connectivity index (χ2v) is 6.62. The molecule has 21 heavy (non-hydrogen) atoms. The Kier molecular flexibility index (Phi) is 11.0. The zero-order valence-electron chi connectivity index (χ0n) is 13.7. The fourth-order valence-electron chi connectivity index (χ4n) is 2.36. The summed E-state index contributed by atoms with van der Waals surface area (Å²) in [4.78, 5) is 21.3. The van der Waals surface area contributed by atoms with E-state index in [4.69, 9.17) is 10.2 Å². The molecule has 0 bridgehead atoms. The lowest BCUT2D eigenvalue weighted by Crippen LogP contribution is -2.23. The Hall–Kier alpha value is -1.06. The van der Waals surface area contributed by atoms with Crippen LogP contribution in [0.1, 0.15) is 90.9 Å². The van der Waals surface area contributed by atoms with Gasteiger partial charge in [-0.2, -0.15) is 0 Å². The first-order chi connectivity index (χ1) is 9.86. The molecule has 4 heteroatoms. The predicted octanol–water partition coefficient (Wildman–Crippen LogP) is 4.86. The van der Waals surface area contributed by atoms with Gasteiger partial charge in [-0.1, -0.05) is 57.8 Å². The van der Waals surface area contributed by atoms with Crippen LogP contribution < -0.4 is 0 Å². The largest absolute Gasteiger partial charge is 0.481 e. The number of hydrogen-bond acceptors (Lipinski definition) is 2. The number of rotatable bonds is 14. The maximum absolute atomic E-state index is 10.9. The summed E-state index contributed by atoms with van der Waals surface area (Å²) in [6.45, 7) is 3.58. The smallest absolute Gasteiger partial charge is 0.309 e. The molecule has 0 unspecified atom stereocenters. The normalized spacial score (nSPS) is 11.5. The van der Waals surface area contributed by atoms with Gasteiger partial charge in [0.2, 0.25) is 0 Å². The molecular formula is C17H32O4. The topological polar surface area (TPSA) is 74.6 Å². The Morgan fingerprint density at radius 3 is 1.48 bits per heavy atom. The Morgan fingerprint density at radius 2 is 1.10 bits per heavy atom. The van der Waals surface area contributed by atoms with Crippen LogP contribution >= 0.6 is 0 Å². The molecule has 0 aliphatic rings. The Balaban J connectivity index is 3.23. The van der Waals surface area contributed by atoms with Gasteiger partial charge in [0.05, 0.1) is 5.41 Å². The van der Waals surface area contributed by atoms with Crippen LogP contribution in [-0.4, -0.2) is 22.2 Å². The second-order valence-electron chi connectivity index (χ2n) is 6.62. The summed E-state index contributed by atoms with van der Waals surface area (Å²) in [5.74, 6) is -1.40. The average molecular weight is 300 g/mol. The quantitative estimate of drug-likeness (QED) is 0.449. The van der Waals surface area contributed by atoms with Gasteiger partial charge in [-0.05, 0) is 26.7 Å². The van der Waals surface area contributed by atoms with Gasteiger partial charge in [-0.3, -0.25) is 9.59 Å². The van der Waals surface area contributed by atoms with Gasteiger partial charge in [0.1, 0.15) is 0 Å². The summed E-state index contributed by atoms with van der Waals surface area (Å²) in [5.41, 5.74) is -0.587. The molecule has 0 rings (SSSR count). The zero-order chi connectivity index (χ0) is 16.1. The molecule has 0 atom stereocenters. The van der Waals surface area contributed by atoms with Gasteiger partial charge in [0.15, 0.2) is 0 Å². The number of hydrogen-bond donors (Lipinski definition) is 2. The maximum Gasteiger partial charge on any atom is 0.309 e. The first kappa shape index (κ1) is 19.9. The van der Waals surface area contributed by atoms with Gasteiger partial charge < -0.3 is 10.2 Å². The van der Waals surface area contributed by atoms with Crippen LogP contribution in [0.4, 0.5) is 0 Å². The molecule has 0 heterocycles. The van der Waals surface area contributed by atoms with Crippen LogP contribution in [0.5, 0.6) is 0 Å². The molecule has 4 nitrogen and oxygen atoms in total. The summed E-state index contributed by atoms with van der Waals surface area (Å²) in [6, 6.07) is 0. The van der Waals surface area contributed by atoms with E-state index in [1.165, 1.54) is 32.1 Å². The van der Waals surface area contributed by atoms with Crippen LogP contribution in [0, 0.1) is 5.41 Å². The van der Waals surface area contributed by atoms with E-state index >= 15 is 0 Å². The fourth-order valence-corrected chi connectivity index (χ4v) is 2.36. The van der Waals surface area contributed by atoms with Crippen molar-refractivity contribution in [3.8, 4) is 0 Å². The van der Waals surface area contributed by atoms with Crippen molar-refractivity contribution in [1.29, 1.82) is 0 Å². The SMILES string of the molecule is CC(C)(CCCCCCCCCCCCC(=O)O)C(=O)O. The fraction of sp³-hybridized carbons (Fsp3) is 0.882. The molecule has 0 aromatic rings. The van der Waals surface area contributed by atoms with Crippen molar-refractivity contribution in [3.05, 3.63) is 0 Å². The van der Waals surface area contributed by atoms with E-state index in [2.05, 4.69) is 0 Å². The van der Waals surface area contributed by atoms with Gasteiger partial charge in [0.25, 0.3) is 0 Å². The van der Waals surface area contributed by atoms with E-state index in [9.17, 15) is 9.59 Å². The number of aliphatic carboxylic acids is 2. The molecule has 0 amide bonds. The van der Waals surface area contributed by atoms with E-state index in [1.807, 2.05) is 0 Å². The van der Waals surface area contributed by atoms with E-state index in [0.717, 1.165) is 38.5 Å². The van der Waals surface area contributed by atoms with E-state index in [-0.39, 0.29) is 0 Å². The number of carboxylic acid groups (broad SMARTS) is 2. The molecule has 2 N–H and O–H groups in total. The third kappa shape index (κ3) is 12.4. The minimum absolute atomic E-state index is 0.298. The standard InChI is InChI=1S/C17H32O4/c1-17(2,16(20)21)14-12-10-8-6-4-3-5-7-9-11-13-15(18)19/h3-14H2,1-2H3,(H,18,19)(H,20,21). The average Bonchev–Trinajstić information content (AvgIpc) is 2.39. The summed E-state index contributed by atoms with van der Waals surface area (Å²) in [6.07, 6.45) is 12.2. The lowest BCUT2D eigenvalue weighted by molar-refractivity contribution is -0.147. The van der Waals surface area contributed by atoms with Gasteiger partial charge in [-0.15, -0.1) is 0 Å². The minimum atomic E-state index is -0.703. The van der Waals surface area contributed by atoms with Crippen molar-refractivity contribution in [2.24, 2.45) is 5.41 Å². The van der Waals surface area contributed by atoms with Crippen molar-refractivity contribution in [2.45, 2.75) is 90.9 Å². The summed E-state index contributed by atoms with van der Waals surface area (Å²) in [5, 5.41) is 17.5. The molecule has 124 valence electrons. The monoisotopic (exact) mass is 300 g/mol. The van der Waals surface area contributed by atoms with Crippen LogP contribution in [0.2, 0.25) is 0 Å². The highest BCUT2D eigenvalue weighted by molar-refractivity contribution is 5.73. The molecule has 0 saturated carbocycles. The number of carboxylic acids is 2. The first-order valence-electron chi connectivity index (χ1n) is 8.31. The van der Waals surface area contributed by atoms with Gasteiger partial charge >= 0.3 is 11.9 Å². The van der Waals surface area contributed by atoms with Crippen molar-refractivity contribution in [1.82, 2.24) is 0 Å². The second kappa shape index (κ2) is 11.6. The van der Waals surface area contributed by atoms with E-state index in [1.54, 1.807) is 13.8 Å². The summed E-state index contributed by atoms with van der Waals surface area (Å²) >= 11 is 0. The van der Waals surface area contributed by atoms with Crippen molar-refractivity contribution in [2.75, 3.05) is 0 Å². The lowest BCUT2D eigenvalue weighted by Gasteiger charge is -2.18. The molecule has 0 radical (unpaired) electrons. The lowest BCUT2D eigenvalue weighted by atomic mass is 9.87. The minimum Gasteiger partial charge on any atom is -0.481 e. The van der Waals surface area contributed by atoms with Crippen LogP contribution in [0.25, 0.3) is 0 Å². The predicted molar refractivity (Wildman–Crippen MR) is 84.5 cm³/mol. The Morgan fingerprint density at radius 1 is 0.714 bits per heavy atom. The number of carbonyl (C=O) groups is 2.